The highest BCUT2D eigenvalue weighted by Crippen LogP contribution is 2.36. The van der Waals surface area contributed by atoms with E-state index in [0.29, 0.717) is 17.3 Å². The van der Waals surface area contributed by atoms with E-state index in [0.717, 1.165) is 79.3 Å². The number of aromatic amines is 1. The van der Waals surface area contributed by atoms with Crippen molar-refractivity contribution in [1.29, 1.82) is 0 Å². The van der Waals surface area contributed by atoms with Crippen LogP contribution in [0.1, 0.15) is 49.0 Å². The summed E-state index contributed by atoms with van der Waals surface area (Å²) in [6.07, 6.45) is 10.6. The van der Waals surface area contributed by atoms with E-state index in [4.69, 9.17) is 9.40 Å². The molecule has 2 saturated heterocycles. The summed E-state index contributed by atoms with van der Waals surface area (Å²) in [4.78, 5) is 27.0. The molecule has 0 radical (unpaired) electrons. The highest BCUT2D eigenvalue weighted by atomic mass is 32.1. The zero-order valence-corrected chi connectivity index (χ0v) is 19.7. The number of carbonyl (C=O) groups excluding carboxylic acids is 1. The quantitative estimate of drug-likeness (QED) is 0.421. The summed E-state index contributed by atoms with van der Waals surface area (Å²) in [6.45, 7) is 3.87. The summed E-state index contributed by atoms with van der Waals surface area (Å²) < 4.78 is 6.15. The third kappa shape index (κ3) is 4.13. The molecule has 2 N–H and O–H groups in total. The molecular weight excluding hydrogens is 450 g/mol. The van der Waals surface area contributed by atoms with Crippen molar-refractivity contribution in [3.8, 4) is 10.6 Å². The Balaban J connectivity index is 1.32. The summed E-state index contributed by atoms with van der Waals surface area (Å²) in [5.41, 5.74) is 4.50. The van der Waals surface area contributed by atoms with Crippen molar-refractivity contribution in [2.45, 2.75) is 38.5 Å². The first-order valence-corrected chi connectivity index (χ1v) is 12.8. The lowest BCUT2D eigenvalue weighted by molar-refractivity contribution is 0.102. The van der Waals surface area contributed by atoms with Gasteiger partial charge in [-0.2, -0.15) is 10.1 Å². The van der Waals surface area contributed by atoms with Crippen LogP contribution in [-0.4, -0.2) is 52.3 Å². The average Bonchev–Trinajstić information content (AvgIpc) is 3.65. The Morgan fingerprint density at radius 2 is 1.76 bits per heavy atom. The van der Waals surface area contributed by atoms with Crippen LogP contribution in [0.4, 0.5) is 17.4 Å². The number of piperidine rings is 2. The third-order valence-electron chi connectivity index (χ3n) is 6.55. The number of H-pyrrole nitrogens is 1. The molecule has 0 unspecified atom stereocenters. The van der Waals surface area contributed by atoms with Crippen LogP contribution < -0.4 is 15.1 Å². The third-order valence-corrected chi connectivity index (χ3v) is 7.44. The molecule has 1 amide bonds. The number of hydrogen-bond donors (Lipinski definition) is 2. The fourth-order valence-corrected chi connectivity index (χ4v) is 5.51. The number of nitrogens with one attached hydrogen (secondary N) is 2. The molecule has 0 saturated carbocycles. The second kappa shape index (κ2) is 9.09. The topological polar surface area (TPSA) is 103 Å². The van der Waals surface area contributed by atoms with Crippen LogP contribution in [0.3, 0.4) is 0 Å². The van der Waals surface area contributed by atoms with Gasteiger partial charge in [-0.3, -0.25) is 9.89 Å². The van der Waals surface area contributed by atoms with Crippen molar-refractivity contribution < 1.29 is 9.21 Å². The normalized spacial score (nSPS) is 16.8. The monoisotopic (exact) mass is 477 g/mol. The van der Waals surface area contributed by atoms with Crippen LogP contribution in [0.5, 0.6) is 0 Å². The first-order valence-electron chi connectivity index (χ1n) is 11.9. The van der Waals surface area contributed by atoms with Crippen molar-refractivity contribution in [1.82, 2.24) is 20.2 Å². The van der Waals surface area contributed by atoms with Crippen molar-refractivity contribution in [3.05, 3.63) is 35.6 Å². The molecule has 10 heteroatoms. The molecule has 0 aliphatic carbocycles. The number of thiazole rings is 1. The predicted octanol–water partition coefficient (Wildman–Crippen LogP) is 4.91. The maximum atomic E-state index is 13.2. The average molecular weight is 478 g/mol. The van der Waals surface area contributed by atoms with E-state index >= 15 is 0 Å². The Labute approximate surface area is 201 Å². The lowest BCUT2D eigenvalue weighted by Crippen LogP contribution is -2.30. The number of benzene rings is 1. The minimum Gasteiger partial charge on any atom is -0.423 e. The SMILES string of the molecule is O=C(Nc1cc2oc(N3CCCCC3)nc2cc1N1CCCCC1)c1csc(-c2cn[nH]c2)n1. The Kier molecular flexibility index (Phi) is 5.66. The van der Waals surface area contributed by atoms with E-state index in [2.05, 4.69) is 36.4 Å². The van der Waals surface area contributed by atoms with E-state index in [1.807, 2.05) is 6.07 Å². The first-order chi connectivity index (χ1) is 16.7. The minimum atomic E-state index is -0.237. The highest BCUT2D eigenvalue weighted by Gasteiger charge is 2.22. The molecule has 176 valence electrons. The number of hydrogen-bond acceptors (Lipinski definition) is 8. The molecule has 0 spiro atoms. The molecule has 0 bridgehead atoms. The highest BCUT2D eigenvalue weighted by molar-refractivity contribution is 7.13. The molecule has 6 rings (SSSR count). The number of fused-ring (bicyclic) bond motifs is 1. The largest absolute Gasteiger partial charge is 0.423 e. The smallest absolute Gasteiger partial charge is 0.298 e. The summed E-state index contributed by atoms with van der Waals surface area (Å²) >= 11 is 1.42. The van der Waals surface area contributed by atoms with Gasteiger partial charge in [0.1, 0.15) is 16.2 Å². The molecule has 0 atom stereocenters. The number of anilines is 3. The number of aromatic nitrogens is 4. The van der Waals surface area contributed by atoms with Gasteiger partial charge in [-0.15, -0.1) is 11.3 Å². The van der Waals surface area contributed by atoms with Gasteiger partial charge in [0.05, 0.1) is 17.6 Å². The van der Waals surface area contributed by atoms with E-state index < -0.39 is 0 Å². The molecule has 5 heterocycles. The fraction of sp³-hybridized carbons (Fsp3) is 0.417. The molecule has 9 nitrogen and oxygen atoms in total. The summed E-state index contributed by atoms with van der Waals surface area (Å²) in [5.74, 6) is -0.237. The number of oxazole rings is 1. The van der Waals surface area contributed by atoms with Crippen LogP contribution in [0.2, 0.25) is 0 Å². The van der Waals surface area contributed by atoms with Crippen molar-refractivity contribution in [3.63, 3.8) is 0 Å². The second-order valence-corrected chi connectivity index (χ2v) is 9.77. The van der Waals surface area contributed by atoms with Crippen molar-refractivity contribution >= 4 is 45.7 Å². The summed E-state index contributed by atoms with van der Waals surface area (Å²) in [7, 11) is 0. The van der Waals surface area contributed by atoms with Crippen LogP contribution >= 0.6 is 11.3 Å². The number of carbonyl (C=O) groups is 1. The van der Waals surface area contributed by atoms with Gasteiger partial charge in [-0.25, -0.2) is 4.98 Å². The van der Waals surface area contributed by atoms with Crippen LogP contribution in [0, 0.1) is 0 Å². The predicted molar refractivity (Wildman–Crippen MR) is 134 cm³/mol. The summed E-state index contributed by atoms with van der Waals surface area (Å²) in [6, 6.07) is 4.65. The molecule has 2 aliphatic rings. The van der Waals surface area contributed by atoms with Crippen LogP contribution in [0.15, 0.2) is 34.3 Å². The molecule has 2 aliphatic heterocycles. The van der Waals surface area contributed by atoms with Gasteiger partial charge in [0.15, 0.2) is 5.58 Å². The molecule has 4 aromatic rings. The van der Waals surface area contributed by atoms with E-state index in [1.165, 1.54) is 24.2 Å². The maximum Gasteiger partial charge on any atom is 0.298 e. The van der Waals surface area contributed by atoms with Gasteiger partial charge >= 0.3 is 0 Å². The van der Waals surface area contributed by atoms with Gasteiger partial charge in [0.25, 0.3) is 11.9 Å². The Hall–Kier alpha value is -3.40. The first kappa shape index (κ1) is 21.2. The summed E-state index contributed by atoms with van der Waals surface area (Å²) in [5, 5.41) is 12.4. The zero-order valence-electron chi connectivity index (χ0n) is 18.9. The van der Waals surface area contributed by atoms with Gasteiger partial charge in [-0.05, 0) is 44.6 Å². The standard InChI is InChI=1S/C24H27N7O2S/c32-22(19-15-34-23(28-19)16-13-25-26-14-16)27-17-12-21-18(11-20(17)30-7-3-1-4-8-30)29-24(33-21)31-9-5-2-6-10-31/h11-15H,1-10H2,(H,25,26)(H,27,32). The number of rotatable bonds is 5. The van der Waals surface area contributed by atoms with Gasteiger partial charge < -0.3 is 19.5 Å². The van der Waals surface area contributed by atoms with Crippen LogP contribution in [0.25, 0.3) is 21.7 Å². The fourth-order valence-electron chi connectivity index (χ4n) is 4.73. The lowest BCUT2D eigenvalue weighted by atomic mass is 10.1. The Morgan fingerprint density at radius 1 is 1.00 bits per heavy atom. The minimum absolute atomic E-state index is 0.237. The van der Waals surface area contributed by atoms with Crippen molar-refractivity contribution in [2.24, 2.45) is 0 Å². The van der Waals surface area contributed by atoms with Crippen LogP contribution in [-0.2, 0) is 0 Å². The van der Waals surface area contributed by atoms with E-state index in [1.54, 1.807) is 17.8 Å². The molecular formula is C24H27N7O2S. The van der Waals surface area contributed by atoms with E-state index in [9.17, 15) is 4.79 Å². The molecule has 34 heavy (non-hydrogen) atoms. The van der Waals surface area contributed by atoms with Gasteiger partial charge in [0.2, 0.25) is 0 Å². The van der Waals surface area contributed by atoms with Crippen molar-refractivity contribution in [2.75, 3.05) is 41.3 Å². The zero-order chi connectivity index (χ0) is 22.9. The maximum absolute atomic E-state index is 13.2. The number of nitrogens with zero attached hydrogens (tertiary/aromatic N) is 5. The Morgan fingerprint density at radius 3 is 2.50 bits per heavy atom. The molecule has 1 aromatic carbocycles. The Bertz CT molecular complexity index is 1280. The van der Waals surface area contributed by atoms with Gasteiger partial charge in [0, 0.05) is 49.4 Å². The molecule has 3 aromatic heterocycles. The second-order valence-electron chi connectivity index (χ2n) is 8.91. The van der Waals surface area contributed by atoms with E-state index in [-0.39, 0.29) is 5.91 Å². The lowest BCUT2D eigenvalue weighted by Gasteiger charge is -2.30. The molecule has 2 fully saturated rings. The van der Waals surface area contributed by atoms with Gasteiger partial charge in [-0.1, -0.05) is 0 Å². The number of amides is 1.